The number of hydrogen-bond acceptors (Lipinski definition) is 7. The second kappa shape index (κ2) is 16.3. The van der Waals surface area contributed by atoms with Crippen molar-refractivity contribution in [2.24, 2.45) is 22.7 Å². The number of benzene rings is 1. The van der Waals surface area contributed by atoms with Crippen LogP contribution in [0.25, 0.3) is 0 Å². The van der Waals surface area contributed by atoms with Gasteiger partial charge in [-0.05, 0) is 48.5 Å². The Balaban J connectivity index is 1.85. The van der Waals surface area contributed by atoms with E-state index in [0.717, 1.165) is 0 Å². The van der Waals surface area contributed by atoms with E-state index < -0.39 is 65.2 Å². The Bertz CT molecular complexity index is 1390. The van der Waals surface area contributed by atoms with Crippen LogP contribution < -0.4 is 26.6 Å². The lowest BCUT2D eigenvalue weighted by molar-refractivity contribution is -0.144. The van der Waals surface area contributed by atoms with Crippen LogP contribution >= 0.6 is 0 Å². The van der Waals surface area contributed by atoms with Crippen molar-refractivity contribution in [3.05, 3.63) is 48.6 Å². The van der Waals surface area contributed by atoms with Crippen LogP contribution in [0.15, 0.2) is 43.0 Å². The van der Waals surface area contributed by atoms with Gasteiger partial charge in [-0.3, -0.25) is 19.2 Å². The summed E-state index contributed by atoms with van der Waals surface area (Å²) >= 11 is 0. The summed E-state index contributed by atoms with van der Waals surface area (Å²) < 4.78 is 5.37. The summed E-state index contributed by atoms with van der Waals surface area (Å²) in [5.74, 6) is -2.72. The van der Waals surface area contributed by atoms with E-state index in [-0.39, 0.29) is 49.4 Å². The van der Waals surface area contributed by atoms with Crippen molar-refractivity contribution in [1.82, 2.24) is 31.5 Å². The number of carbonyl (C=O) groups excluding carboxylic acids is 6. The van der Waals surface area contributed by atoms with Gasteiger partial charge in [-0.1, -0.05) is 84.4 Å². The second-order valence-corrected chi connectivity index (χ2v) is 14.9. The normalized spacial score (nSPS) is 20.9. The standard InChI is InChI=1S/C36H54N6O7/c1-10-15-24(29(43)31(45)37-18-11-2)39-30(44)28-26-23(36(26,8)9)19-42(28)32(46)27(22-16-13-12-14-17-22)41-33(47)40-25(35(5,6)7)20-49-34(48)38-21(3)4/h11-14,16-17,21,23-28H,2,10,15,18-20H2,1,3-9H3,(H,37,45)(H,38,48)(H,39,44)(H2,40,41,47)/t23?,24?,25-,26+,27?,28?/m1/s1. The average Bonchev–Trinajstić information content (AvgIpc) is 3.33. The number of alkyl carbamates (subject to hydrolysis) is 1. The number of hydrogen-bond donors (Lipinski definition) is 5. The number of ketones is 1. The van der Waals surface area contributed by atoms with Crippen molar-refractivity contribution in [3.63, 3.8) is 0 Å². The van der Waals surface area contributed by atoms with Gasteiger partial charge in [-0.25, -0.2) is 9.59 Å². The molecule has 0 spiro atoms. The summed E-state index contributed by atoms with van der Waals surface area (Å²) in [5.41, 5.74) is -0.222. The summed E-state index contributed by atoms with van der Waals surface area (Å²) in [6, 6.07) is 4.22. The second-order valence-electron chi connectivity index (χ2n) is 14.9. The molecule has 2 fully saturated rings. The average molecular weight is 683 g/mol. The fraction of sp³-hybridized carbons (Fsp3) is 0.611. The fourth-order valence-electron chi connectivity index (χ4n) is 6.41. The number of nitrogens with one attached hydrogen (secondary N) is 5. The van der Waals surface area contributed by atoms with Gasteiger partial charge in [-0.2, -0.15) is 0 Å². The zero-order chi connectivity index (χ0) is 36.7. The first-order valence-electron chi connectivity index (χ1n) is 17.0. The summed E-state index contributed by atoms with van der Waals surface area (Å²) in [5, 5.41) is 13.6. The van der Waals surface area contributed by atoms with E-state index in [4.69, 9.17) is 4.74 Å². The Kier molecular flexibility index (Phi) is 13.0. The fourth-order valence-corrected chi connectivity index (χ4v) is 6.41. The van der Waals surface area contributed by atoms with Crippen LogP contribution in [-0.4, -0.2) is 84.4 Å². The highest BCUT2D eigenvalue weighted by Gasteiger charge is 2.69. The largest absolute Gasteiger partial charge is 0.447 e. The molecular weight excluding hydrogens is 628 g/mol. The highest BCUT2D eigenvalue weighted by atomic mass is 16.5. The van der Waals surface area contributed by atoms with Crippen LogP contribution in [0.4, 0.5) is 9.59 Å². The van der Waals surface area contributed by atoms with E-state index in [1.165, 1.54) is 11.0 Å². The molecule has 1 aliphatic carbocycles. The van der Waals surface area contributed by atoms with Crippen molar-refractivity contribution in [3.8, 4) is 0 Å². The molecule has 1 aromatic rings. The smallest absolute Gasteiger partial charge is 0.407 e. The SMILES string of the molecule is C=CCNC(=O)C(=O)C(CCC)NC(=O)C1[C@@H]2C(CN1C(=O)C(NC(=O)N[C@H](COC(=O)NC(C)C)C(C)(C)C)c1ccccc1)C2(C)C. The summed E-state index contributed by atoms with van der Waals surface area (Å²) in [6.45, 7) is 19.1. The molecule has 2 aliphatic rings. The number of amides is 6. The minimum Gasteiger partial charge on any atom is -0.447 e. The Morgan fingerprint density at radius 3 is 2.24 bits per heavy atom. The number of Topliss-reactive ketones (excluding diaryl/α,β-unsaturated/α-hetero) is 1. The summed E-state index contributed by atoms with van der Waals surface area (Å²) in [6.07, 6.45) is 1.63. The number of urea groups is 1. The number of nitrogens with zero attached hydrogens (tertiary/aromatic N) is 1. The quantitative estimate of drug-likeness (QED) is 0.139. The Morgan fingerprint density at radius 1 is 1.02 bits per heavy atom. The number of fused-ring (bicyclic) bond motifs is 1. The lowest BCUT2D eigenvalue weighted by Gasteiger charge is -2.35. The third-order valence-electron chi connectivity index (χ3n) is 9.39. The molecule has 6 amide bonds. The molecule has 1 saturated heterocycles. The third kappa shape index (κ3) is 9.82. The Labute approximate surface area is 289 Å². The topological polar surface area (TPSA) is 175 Å². The minimum absolute atomic E-state index is 0.0353. The predicted molar refractivity (Wildman–Crippen MR) is 185 cm³/mol. The molecule has 49 heavy (non-hydrogen) atoms. The molecule has 13 nitrogen and oxygen atoms in total. The first kappa shape index (κ1) is 39.0. The third-order valence-corrected chi connectivity index (χ3v) is 9.39. The maximum Gasteiger partial charge on any atom is 0.407 e. The molecule has 0 bridgehead atoms. The molecule has 13 heteroatoms. The van der Waals surface area contributed by atoms with Crippen LogP contribution in [-0.2, 0) is 23.9 Å². The van der Waals surface area contributed by atoms with E-state index in [0.29, 0.717) is 12.0 Å². The Hall–Kier alpha value is -4.42. The molecule has 1 saturated carbocycles. The van der Waals surface area contributed by atoms with Crippen molar-refractivity contribution in [2.45, 2.75) is 98.4 Å². The number of likely N-dealkylation sites (tertiary alicyclic amines) is 1. The molecule has 5 N–H and O–H groups in total. The minimum atomic E-state index is -1.15. The van der Waals surface area contributed by atoms with Crippen molar-refractivity contribution < 1.29 is 33.5 Å². The van der Waals surface area contributed by atoms with Crippen LogP contribution in [0.2, 0.25) is 0 Å². The lowest BCUT2D eigenvalue weighted by atomic mass is 9.87. The van der Waals surface area contributed by atoms with E-state index in [2.05, 4.69) is 33.2 Å². The van der Waals surface area contributed by atoms with Crippen LogP contribution in [0, 0.1) is 22.7 Å². The molecule has 3 rings (SSSR count). The number of rotatable bonds is 15. The maximum absolute atomic E-state index is 14.4. The summed E-state index contributed by atoms with van der Waals surface area (Å²) in [7, 11) is 0. The van der Waals surface area contributed by atoms with E-state index in [9.17, 15) is 28.8 Å². The van der Waals surface area contributed by atoms with Crippen LogP contribution in [0.5, 0.6) is 0 Å². The zero-order valence-electron chi connectivity index (χ0n) is 30.1. The van der Waals surface area contributed by atoms with Crippen LogP contribution in [0.1, 0.15) is 79.8 Å². The highest BCUT2D eigenvalue weighted by Crippen LogP contribution is 2.65. The molecule has 4 unspecified atom stereocenters. The number of piperidine rings is 1. The van der Waals surface area contributed by atoms with Gasteiger partial charge in [0.15, 0.2) is 0 Å². The lowest BCUT2D eigenvalue weighted by Crippen LogP contribution is -2.57. The molecular formula is C36H54N6O7. The molecule has 6 atom stereocenters. The van der Waals surface area contributed by atoms with Gasteiger partial charge in [0, 0.05) is 19.1 Å². The molecule has 0 radical (unpaired) electrons. The van der Waals surface area contributed by atoms with E-state index >= 15 is 0 Å². The maximum atomic E-state index is 14.4. The molecule has 1 aromatic carbocycles. The van der Waals surface area contributed by atoms with E-state index in [1.54, 1.807) is 44.2 Å². The van der Waals surface area contributed by atoms with Gasteiger partial charge in [0.25, 0.3) is 11.8 Å². The van der Waals surface area contributed by atoms with Gasteiger partial charge < -0.3 is 36.2 Å². The van der Waals surface area contributed by atoms with Crippen molar-refractivity contribution >= 4 is 35.6 Å². The molecule has 270 valence electrons. The van der Waals surface area contributed by atoms with Crippen molar-refractivity contribution in [2.75, 3.05) is 19.7 Å². The first-order valence-corrected chi connectivity index (χ1v) is 17.0. The molecule has 1 heterocycles. The summed E-state index contributed by atoms with van der Waals surface area (Å²) in [4.78, 5) is 81.1. The monoisotopic (exact) mass is 682 g/mol. The Morgan fingerprint density at radius 2 is 1.67 bits per heavy atom. The number of carbonyl (C=O) groups is 6. The van der Waals surface area contributed by atoms with Gasteiger partial charge in [0.1, 0.15) is 18.7 Å². The zero-order valence-corrected chi connectivity index (χ0v) is 30.1. The van der Waals surface area contributed by atoms with Gasteiger partial charge >= 0.3 is 12.1 Å². The molecule has 1 aliphatic heterocycles. The highest BCUT2D eigenvalue weighted by molar-refractivity contribution is 6.38. The molecule has 0 aromatic heterocycles. The first-order chi connectivity index (χ1) is 22.9. The van der Waals surface area contributed by atoms with Gasteiger partial charge in [-0.15, -0.1) is 6.58 Å². The van der Waals surface area contributed by atoms with Gasteiger partial charge in [0.2, 0.25) is 11.7 Å². The van der Waals surface area contributed by atoms with E-state index in [1.807, 2.05) is 41.5 Å². The predicted octanol–water partition coefficient (Wildman–Crippen LogP) is 3.22. The number of ether oxygens (including phenoxy) is 1. The van der Waals surface area contributed by atoms with Gasteiger partial charge in [0.05, 0.1) is 12.1 Å². The van der Waals surface area contributed by atoms with Crippen LogP contribution in [0.3, 0.4) is 0 Å². The van der Waals surface area contributed by atoms with Crippen molar-refractivity contribution in [1.29, 1.82) is 0 Å².